The summed E-state index contributed by atoms with van der Waals surface area (Å²) < 4.78 is 73.3. The number of fused-ring (bicyclic) bond motifs is 1. The number of anilines is 1. The number of thioether (sulfide) groups is 1. The molecule has 2 atom stereocenters. The average molecular weight is 445 g/mol. The fourth-order valence-electron chi connectivity index (χ4n) is 3.84. The van der Waals surface area contributed by atoms with Gasteiger partial charge in [-0.3, -0.25) is 0 Å². The number of rotatable bonds is 3. The number of aromatic nitrogens is 2. The predicted octanol–water partition coefficient (Wildman–Crippen LogP) is 3.18. The first-order valence-electron chi connectivity index (χ1n) is 8.82. The van der Waals surface area contributed by atoms with Crippen molar-refractivity contribution in [1.82, 2.24) is 9.97 Å². The van der Waals surface area contributed by atoms with Crippen LogP contribution in [-0.4, -0.2) is 41.1 Å². The van der Waals surface area contributed by atoms with E-state index < -0.39 is 34.9 Å². The van der Waals surface area contributed by atoms with Gasteiger partial charge in [0.2, 0.25) is 11.8 Å². The third kappa shape index (κ3) is 3.32. The van der Waals surface area contributed by atoms with Crippen LogP contribution >= 0.6 is 11.8 Å². The van der Waals surface area contributed by atoms with Gasteiger partial charge in [-0.25, -0.2) is 14.4 Å². The zero-order chi connectivity index (χ0) is 21.7. The van der Waals surface area contributed by atoms with E-state index in [2.05, 4.69) is 19.7 Å². The van der Waals surface area contributed by atoms with Gasteiger partial charge in [-0.1, -0.05) is 30.0 Å². The highest BCUT2D eigenvalue weighted by Crippen LogP contribution is 2.47. The lowest BCUT2D eigenvalue weighted by Crippen LogP contribution is -2.40. The maximum atomic E-state index is 14.7. The van der Waals surface area contributed by atoms with Crippen LogP contribution in [0.1, 0.15) is 11.3 Å². The van der Waals surface area contributed by atoms with E-state index in [1.165, 1.54) is 28.8 Å². The van der Waals surface area contributed by atoms with Crippen molar-refractivity contribution in [2.75, 3.05) is 30.9 Å². The highest BCUT2D eigenvalue weighted by Gasteiger charge is 2.52. The zero-order valence-electron chi connectivity index (χ0n) is 15.6. The lowest BCUT2D eigenvalue weighted by Gasteiger charge is -2.34. The molecule has 2 aromatic rings. The number of halogens is 5. The first kappa shape index (κ1) is 20.6. The van der Waals surface area contributed by atoms with Crippen molar-refractivity contribution in [2.45, 2.75) is 11.7 Å². The van der Waals surface area contributed by atoms with Crippen LogP contribution < -0.4 is 15.4 Å². The number of benzene rings is 1. The van der Waals surface area contributed by atoms with Crippen LogP contribution in [0.2, 0.25) is 0 Å². The molecule has 0 radical (unpaired) electrons. The van der Waals surface area contributed by atoms with Crippen molar-refractivity contribution >= 4 is 22.9 Å². The molecule has 1 fully saturated rings. The number of nitrogens with zero attached hydrogens (tertiary/aromatic N) is 4. The first-order chi connectivity index (χ1) is 14.2. The fourth-order valence-corrected chi connectivity index (χ4v) is 4.82. The molecule has 30 heavy (non-hydrogen) atoms. The van der Waals surface area contributed by atoms with Crippen LogP contribution in [-0.2, 0) is 11.7 Å². The highest BCUT2D eigenvalue weighted by molar-refractivity contribution is 8.13. The summed E-state index contributed by atoms with van der Waals surface area (Å²) in [6.45, 7) is 0.163. The normalized spacial score (nSPS) is 23.9. The van der Waals surface area contributed by atoms with E-state index in [-0.39, 0.29) is 35.7 Å². The minimum absolute atomic E-state index is 0.0219. The molecule has 2 aliphatic rings. The molecule has 160 valence electrons. The maximum absolute atomic E-state index is 14.7. The standard InChI is InChI=1S/C18H16F5N5OS/c1-29-14-12(20)13(18(21,22)23)25-16(26-14)28-6-9-7-30-15(24)27-17(9,8-28)10-4-2-3-5-11(10)19/h2-5,9H,6-8H2,1H3,(H2,24,27)/t9-,17-/m0/s1. The second kappa shape index (κ2) is 7.25. The van der Waals surface area contributed by atoms with Gasteiger partial charge in [0.1, 0.15) is 11.4 Å². The molecule has 12 heteroatoms. The summed E-state index contributed by atoms with van der Waals surface area (Å²) in [5.41, 5.74) is 3.35. The van der Waals surface area contributed by atoms with Crippen LogP contribution in [0.5, 0.6) is 5.88 Å². The summed E-state index contributed by atoms with van der Waals surface area (Å²) in [4.78, 5) is 13.2. The fraction of sp³-hybridized carbons (Fsp3) is 0.389. The van der Waals surface area contributed by atoms with Gasteiger partial charge in [0.15, 0.2) is 10.9 Å². The Labute approximate surface area is 172 Å². The molecule has 0 spiro atoms. The van der Waals surface area contributed by atoms with Gasteiger partial charge >= 0.3 is 6.18 Å². The largest absolute Gasteiger partial charge is 0.479 e. The SMILES string of the molecule is COc1nc(N2C[C@H]3CSC(N)=N[C@@]3(c3ccccc3F)C2)nc(C(F)(F)F)c1F. The van der Waals surface area contributed by atoms with Crippen LogP contribution in [0.3, 0.4) is 0 Å². The van der Waals surface area contributed by atoms with E-state index in [4.69, 9.17) is 5.73 Å². The van der Waals surface area contributed by atoms with Crippen molar-refractivity contribution in [3.05, 3.63) is 47.2 Å². The maximum Gasteiger partial charge on any atom is 0.436 e. The summed E-state index contributed by atoms with van der Waals surface area (Å²) >= 11 is 1.28. The van der Waals surface area contributed by atoms with Gasteiger partial charge in [-0.05, 0) is 6.07 Å². The molecule has 0 bridgehead atoms. The zero-order valence-corrected chi connectivity index (χ0v) is 16.4. The Morgan fingerprint density at radius 3 is 2.63 bits per heavy atom. The van der Waals surface area contributed by atoms with E-state index in [0.29, 0.717) is 5.75 Å². The van der Waals surface area contributed by atoms with E-state index in [9.17, 15) is 22.0 Å². The second-order valence-electron chi connectivity index (χ2n) is 6.94. The molecular weight excluding hydrogens is 429 g/mol. The van der Waals surface area contributed by atoms with Crippen molar-refractivity contribution < 1.29 is 26.7 Å². The summed E-state index contributed by atoms with van der Waals surface area (Å²) in [6, 6.07) is 6.05. The molecule has 0 amide bonds. The Kier molecular flexibility index (Phi) is 4.99. The lowest BCUT2D eigenvalue weighted by molar-refractivity contribution is -0.143. The second-order valence-corrected chi connectivity index (χ2v) is 7.98. The summed E-state index contributed by atoms with van der Waals surface area (Å²) in [6.07, 6.45) is -5.04. The van der Waals surface area contributed by atoms with Gasteiger partial charge < -0.3 is 15.4 Å². The number of aliphatic imine (C=N–C) groups is 1. The Balaban J connectivity index is 1.82. The minimum atomic E-state index is -5.04. The van der Waals surface area contributed by atoms with Gasteiger partial charge in [0.25, 0.3) is 5.88 Å². The molecule has 1 aromatic carbocycles. The lowest BCUT2D eigenvalue weighted by atomic mass is 9.81. The molecule has 3 heterocycles. The Morgan fingerprint density at radius 2 is 1.97 bits per heavy atom. The van der Waals surface area contributed by atoms with Crippen LogP contribution in [0.4, 0.5) is 27.9 Å². The number of methoxy groups -OCH3 is 1. The van der Waals surface area contributed by atoms with Gasteiger partial charge in [0, 0.05) is 23.8 Å². The van der Waals surface area contributed by atoms with Gasteiger partial charge in [-0.2, -0.15) is 22.5 Å². The highest BCUT2D eigenvalue weighted by atomic mass is 32.2. The van der Waals surface area contributed by atoms with Crippen molar-refractivity contribution in [2.24, 2.45) is 16.6 Å². The van der Waals surface area contributed by atoms with Crippen molar-refractivity contribution in [3.63, 3.8) is 0 Å². The Bertz CT molecular complexity index is 1020. The van der Waals surface area contributed by atoms with E-state index in [1.54, 1.807) is 12.1 Å². The van der Waals surface area contributed by atoms with Gasteiger partial charge in [0.05, 0.1) is 13.7 Å². The molecule has 0 aliphatic carbocycles. The van der Waals surface area contributed by atoms with E-state index >= 15 is 0 Å². The molecule has 2 aliphatic heterocycles. The van der Waals surface area contributed by atoms with E-state index in [0.717, 1.165) is 7.11 Å². The molecule has 1 saturated heterocycles. The molecule has 1 aromatic heterocycles. The number of hydrogen-bond acceptors (Lipinski definition) is 7. The number of hydrogen-bond donors (Lipinski definition) is 1. The molecule has 6 nitrogen and oxygen atoms in total. The molecule has 2 N–H and O–H groups in total. The Morgan fingerprint density at radius 1 is 1.23 bits per heavy atom. The molecular formula is C18H16F5N5OS. The van der Waals surface area contributed by atoms with E-state index in [1.807, 2.05) is 0 Å². The topological polar surface area (TPSA) is 76.6 Å². The molecule has 0 unspecified atom stereocenters. The Hall–Kier alpha value is -2.63. The minimum Gasteiger partial charge on any atom is -0.479 e. The third-order valence-electron chi connectivity index (χ3n) is 5.18. The number of nitrogens with two attached hydrogens (primary N) is 1. The monoisotopic (exact) mass is 445 g/mol. The van der Waals surface area contributed by atoms with Crippen LogP contribution in [0.25, 0.3) is 0 Å². The molecule has 4 rings (SSSR count). The third-order valence-corrected chi connectivity index (χ3v) is 6.14. The molecule has 0 saturated carbocycles. The quantitative estimate of drug-likeness (QED) is 0.732. The summed E-state index contributed by atoms with van der Waals surface area (Å²) in [5.74, 6) is -3.18. The number of amidine groups is 1. The van der Waals surface area contributed by atoms with Crippen molar-refractivity contribution in [3.8, 4) is 5.88 Å². The van der Waals surface area contributed by atoms with Crippen LogP contribution in [0.15, 0.2) is 29.3 Å². The average Bonchev–Trinajstić information content (AvgIpc) is 3.07. The smallest absolute Gasteiger partial charge is 0.436 e. The summed E-state index contributed by atoms with van der Waals surface area (Å²) in [5, 5.41) is 0.255. The number of ether oxygens (including phenoxy) is 1. The van der Waals surface area contributed by atoms with Gasteiger partial charge in [-0.15, -0.1) is 0 Å². The first-order valence-corrected chi connectivity index (χ1v) is 9.81. The predicted molar refractivity (Wildman–Crippen MR) is 101 cm³/mol. The number of alkyl halides is 3. The van der Waals surface area contributed by atoms with Crippen molar-refractivity contribution in [1.29, 1.82) is 0 Å². The van der Waals surface area contributed by atoms with Crippen LogP contribution in [0, 0.1) is 17.6 Å². The summed E-state index contributed by atoms with van der Waals surface area (Å²) in [7, 11) is 1.02.